The average molecular weight is 791 g/mol. The topological polar surface area (TPSA) is 164 Å². The van der Waals surface area contributed by atoms with E-state index in [4.69, 9.17) is 9.47 Å². The Morgan fingerprint density at radius 3 is 1.77 bits per heavy atom. The monoisotopic (exact) mass is 791 g/mol. The van der Waals surface area contributed by atoms with Crippen LogP contribution in [-0.2, 0) is 9.47 Å². The number of unbranched alkanes of at least 4 members (excludes halogenated alkanes) is 19. The van der Waals surface area contributed by atoms with E-state index >= 15 is 0 Å². The lowest BCUT2D eigenvalue weighted by Crippen LogP contribution is -3.05. The first kappa shape index (κ1) is 43.7. The standard InChI is InChI=1S/C46H82N2O8/c1-2-3-4-5-6-7-8-9-12-15-18-21-24-31(50)40(51)30(28-55-45-43(54)42(53)41(52)32(27-49)56-45)44-47-26-29(48-44)23-20-17-14-11-10-13-16-19-22-25-46-37-34-33-35(37)39(46)36(33)38(34)46/h29-45,47-54H,2-28H2,1H3/t29?,30-,31+,32?,33?,34?,35?,36?,37?,38?,39?,40-,41?,42?,43?,44?,45?,46?/m0/s1. The van der Waals surface area contributed by atoms with Crippen molar-refractivity contribution in [1.29, 1.82) is 0 Å². The number of rotatable bonds is 32. The highest BCUT2D eigenvalue weighted by molar-refractivity contribution is 5.49. The number of aliphatic hydroxyl groups is 6. The Morgan fingerprint density at radius 2 is 1.20 bits per heavy atom. The van der Waals surface area contributed by atoms with Gasteiger partial charge in [0.25, 0.3) is 0 Å². The lowest BCUT2D eigenvalue weighted by Gasteiger charge is -3.08. The summed E-state index contributed by atoms with van der Waals surface area (Å²) < 4.78 is 11.5. The molecule has 6 aliphatic carbocycles. The largest absolute Gasteiger partial charge is 0.394 e. The van der Waals surface area contributed by atoms with E-state index in [9.17, 15) is 30.6 Å². The maximum Gasteiger partial charge on any atom is 0.186 e. The molecule has 8 N–H and O–H groups in total. The molecule has 10 heteroatoms. The Labute approximate surface area is 338 Å². The maximum atomic E-state index is 11.5. The number of hydrogen-bond acceptors (Lipinski definition) is 10. The van der Waals surface area contributed by atoms with E-state index in [1.54, 1.807) is 6.42 Å². The van der Waals surface area contributed by atoms with Gasteiger partial charge in [0.2, 0.25) is 0 Å². The van der Waals surface area contributed by atoms with Gasteiger partial charge < -0.3 is 40.1 Å². The number of hydrogen-bond donors (Lipinski definition) is 8. The molecule has 0 aromatic rings. The first-order valence-corrected chi connectivity index (χ1v) is 24.1. The lowest BCUT2D eigenvalue weighted by atomic mass is 8.96. The SMILES string of the molecule is CCCCCCCCCCCCCC[C@@H](O)[C@@H](O)[C@H](COC1OC(CO)C(O)C(O)C1O)C1NCC(CCCCCCCCCCCC23C4C5C6C4C2C6C53)N1. The zero-order valence-corrected chi connectivity index (χ0v) is 34.9. The van der Waals surface area contributed by atoms with Gasteiger partial charge in [0.15, 0.2) is 6.29 Å². The average Bonchev–Trinajstić information content (AvgIpc) is 3.68. The summed E-state index contributed by atoms with van der Waals surface area (Å²) in [7, 11) is 0. The number of aliphatic hydroxyl groups excluding tert-OH is 6. The molecule has 0 bridgehead atoms. The highest BCUT2D eigenvalue weighted by atomic mass is 16.7. The van der Waals surface area contributed by atoms with Crippen LogP contribution in [0, 0.1) is 52.8 Å². The summed E-state index contributed by atoms with van der Waals surface area (Å²) in [5, 5.41) is 70.5. The second-order valence-corrected chi connectivity index (χ2v) is 19.9. The third kappa shape index (κ3) is 8.69. The van der Waals surface area contributed by atoms with E-state index in [-0.39, 0.29) is 18.8 Å². The summed E-state index contributed by atoms with van der Waals surface area (Å²) in [5.41, 5.74) is 0.911. The van der Waals surface area contributed by atoms with E-state index in [0.717, 1.165) is 44.1 Å². The zero-order valence-electron chi connectivity index (χ0n) is 34.9. The molecule has 2 saturated heterocycles. The van der Waals surface area contributed by atoms with Gasteiger partial charge in [-0.05, 0) is 66.1 Å². The number of ether oxygens (including phenoxy) is 2. The van der Waals surface area contributed by atoms with Crippen molar-refractivity contribution in [2.45, 2.75) is 216 Å². The normalized spacial score (nSPS) is 41.2. The van der Waals surface area contributed by atoms with Crippen molar-refractivity contribution >= 4 is 0 Å². The molecular formula is C46H82N2O8. The van der Waals surface area contributed by atoms with Gasteiger partial charge in [-0.15, -0.1) is 0 Å². The number of nitrogens with one attached hydrogen (secondary N) is 2. The fourth-order valence-corrected chi connectivity index (χ4v) is 13.8. The molecule has 0 amide bonds. The second-order valence-electron chi connectivity index (χ2n) is 19.9. The van der Waals surface area contributed by atoms with Gasteiger partial charge in [0.05, 0.1) is 31.6 Å². The van der Waals surface area contributed by atoms with Crippen LogP contribution in [0.5, 0.6) is 0 Å². The first-order chi connectivity index (χ1) is 27.3. The van der Waals surface area contributed by atoms with Crippen molar-refractivity contribution in [3.63, 3.8) is 0 Å². The minimum Gasteiger partial charge on any atom is -0.394 e. The van der Waals surface area contributed by atoms with Crippen LogP contribution in [-0.4, -0.2) is 106 Å². The van der Waals surface area contributed by atoms with Gasteiger partial charge in [0.1, 0.15) is 24.4 Å². The van der Waals surface area contributed by atoms with Crippen molar-refractivity contribution in [2.24, 2.45) is 52.8 Å². The molecule has 324 valence electrons. The molecule has 8 fully saturated rings. The quantitative estimate of drug-likeness (QED) is 0.0392. The molecule has 8 aliphatic rings. The Hall–Kier alpha value is -0.400. The summed E-state index contributed by atoms with van der Waals surface area (Å²) >= 11 is 0. The van der Waals surface area contributed by atoms with Gasteiger partial charge in [-0.3, -0.25) is 10.6 Å². The molecule has 10 nitrogen and oxygen atoms in total. The van der Waals surface area contributed by atoms with Gasteiger partial charge in [-0.2, -0.15) is 0 Å². The summed E-state index contributed by atoms with van der Waals surface area (Å²) in [6, 6.07) is 0.249. The third-order valence-electron chi connectivity index (χ3n) is 16.8. The summed E-state index contributed by atoms with van der Waals surface area (Å²) in [4.78, 5) is 0. The smallest absolute Gasteiger partial charge is 0.186 e. The van der Waals surface area contributed by atoms with E-state index in [2.05, 4.69) is 17.6 Å². The van der Waals surface area contributed by atoms with E-state index in [1.165, 1.54) is 151 Å². The Balaban J connectivity index is 0.756. The van der Waals surface area contributed by atoms with Crippen molar-refractivity contribution in [3.8, 4) is 0 Å². The molecule has 56 heavy (non-hydrogen) atoms. The Bertz CT molecular complexity index is 1130. The molecule has 0 radical (unpaired) electrons. The van der Waals surface area contributed by atoms with Crippen LogP contribution in [0.2, 0.25) is 0 Å². The van der Waals surface area contributed by atoms with Gasteiger partial charge in [-0.1, -0.05) is 142 Å². The van der Waals surface area contributed by atoms with Crippen LogP contribution < -0.4 is 10.6 Å². The molecule has 0 spiro atoms. The molecule has 10 atom stereocenters. The van der Waals surface area contributed by atoms with E-state index < -0.39 is 55.4 Å². The zero-order chi connectivity index (χ0) is 39.2. The molecule has 8 rings (SSSR count). The summed E-state index contributed by atoms with van der Waals surface area (Å²) in [5.74, 6) is 8.02. The van der Waals surface area contributed by atoms with Gasteiger partial charge >= 0.3 is 0 Å². The Morgan fingerprint density at radius 1 is 0.661 bits per heavy atom. The van der Waals surface area contributed by atoms with Crippen molar-refractivity contribution in [3.05, 3.63) is 0 Å². The molecule has 7 unspecified atom stereocenters. The highest BCUT2D eigenvalue weighted by Crippen LogP contribution is 3.06. The second kappa shape index (κ2) is 20.4. The van der Waals surface area contributed by atoms with Crippen LogP contribution in [0.15, 0.2) is 0 Å². The van der Waals surface area contributed by atoms with Crippen LogP contribution in [0.3, 0.4) is 0 Å². The molecule has 6 saturated carbocycles. The molecule has 0 aromatic heterocycles. The fourth-order valence-electron chi connectivity index (χ4n) is 13.8. The van der Waals surface area contributed by atoms with Crippen LogP contribution in [0.4, 0.5) is 0 Å². The minimum atomic E-state index is -1.54. The van der Waals surface area contributed by atoms with Crippen LogP contribution >= 0.6 is 0 Å². The summed E-state index contributed by atoms with van der Waals surface area (Å²) in [6.07, 6.45) is 20.8. The van der Waals surface area contributed by atoms with Gasteiger partial charge in [-0.25, -0.2) is 0 Å². The predicted octanol–water partition coefficient (Wildman–Crippen LogP) is 5.78. The van der Waals surface area contributed by atoms with Crippen LogP contribution in [0.1, 0.15) is 161 Å². The van der Waals surface area contributed by atoms with Crippen LogP contribution in [0.25, 0.3) is 0 Å². The molecule has 0 aromatic carbocycles. The third-order valence-corrected chi connectivity index (χ3v) is 16.8. The van der Waals surface area contributed by atoms with Crippen molar-refractivity contribution < 1.29 is 40.1 Å². The fraction of sp³-hybridized carbons (Fsp3) is 1.00. The lowest BCUT2D eigenvalue weighted by molar-refractivity contribution is -0.616. The summed E-state index contributed by atoms with van der Waals surface area (Å²) in [6.45, 7) is 2.42. The molecular weight excluding hydrogens is 709 g/mol. The molecule has 2 aliphatic heterocycles. The maximum absolute atomic E-state index is 11.5. The van der Waals surface area contributed by atoms with E-state index in [0.29, 0.717) is 6.42 Å². The minimum absolute atomic E-state index is 0.0546. The Kier molecular flexibility index (Phi) is 15.9. The predicted molar refractivity (Wildman–Crippen MR) is 217 cm³/mol. The molecule has 2 heterocycles. The van der Waals surface area contributed by atoms with E-state index in [1.807, 2.05) is 0 Å². The first-order valence-electron chi connectivity index (χ1n) is 24.1. The highest BCUT2D eigenvalue weighted by Gasteiger charge is 3.03. The van der Waals surface area contributed by atoms with Gasteiger partial charge in [0, 0.05) is 18.5 Å². The van der Waals surface area contributed by atoms with Crippen molar-refractivity contribution in [1.82, 2.24) is 10.6 Å². The van der Waals surface area contributed by atoms with Crippen molar-refractivity contribution in [2.75, 3.05) is 19.8 Å².